The van der Waals surface area contributed by atoms with E-state index in [1.54, 1.807) is 18.5 Å². The number of nitrogens with one attached hydrogen (secondary N) is 2. The van der Waals surface area contributed by atoms with Gasteiger partial charge in [-0.1, -0.05) is 12.1 Å². The summed E-state index contributed by atoms with van der Waals surface area (Å²) in [6, 6.07) is 7.79. The van der Waals surface area contributed by atoms with Crippen LogP contribution in [0.3, 0.4) is 0 Å². The molecule has 4 N–H and O–H groups in total. The molecule has 0 aliphatic carbocycles. The fourth-order valence-electron chi connectivity index (χ4n) is 1.64. The number of benzene rings is 1. The van der Waals surface area contributed by atoms with Crippen LogP contribution in [-0.2, 0) is 6.54 Å². The average Bonchev–Trinajstić information content (AvgIpc) is 2.45. The van der Waals surface area contributed by atoms with Gasteiger partial charge in [0, 0.05) is 18.9 Å². The summed E-state index contributed by atoms with van der Waals surface area (Å²) in [5.41, 5.74) is 3.19. The molecule has 0 saturated carbocycles. The quantitative estimate of drug-likeness (QED) is 0.574. The lowest BCUT2D eigenvalue weighted by molar-refractivity contribution is 0.0951. The number of nitrogens with two attached hydrogens (primary N) is 1. The van der Waals surface area contributed by atoms with Gasteiger partial charge in [0.1, 0.15) is 5.82 Å². The minimum Gasteiger partial charge on any atom is -0.348 e. The lowest BCUT2D eigenvalue weighted by Gasteiger charge is -2.10. The largest absolute Gasteiger partial charge is 0.348 e. The van der Waals surface area contributed by atoms with Crippen LogP contribution >= 0.6 is 0 Å². The zero-order valence-electron chi connectivity index (χ0n) is 10.1. The molecule has 2 rings (SSSR count). The monoisotopic (exact) mass is 260 g/mol. The summed E-state index contributed by atoms with van der Waals surface area (Å²) in [4.78, 5) is 15.9. The summed E-state index contributed by atoms with van der Waals surface area (Å²) in [7, 11) is 0. The maximum atomic E-state index is 13.4. The van der Waals surface area contributed by atoms with E-state index in [2.05, 4.69) is 15.7 Å². The van der Waals surface area contributed by atoms with Gasteiger partial charge in [-0.15, -0.1) is 0 Å². The molecule has 98 valence electrons. The number of hydrazine groups is 1. The Bertz CT molecular complexity index is 574. The van der Waals surface area contributed by atoms with Gasteiger partial charge in [-0.3, -0.25) is 15.6 Å². The first-order valence-electron chi connectivity index (χ1n) is 5.64. The van der Waals surface area contributed by atoms with Crippen LogP contribution in [0, 0.1) is 5.82 Å². The van der Waals surface area contributed by atoms with E-state index in [0.717, 1.165) is 5.56 Å². The molecular formula is C13H13FN4O. The number of nitrogens with zero attached hydrogens (tertiary/aromatic N) is 1. The van der Waals surface area contributed by atoms with Crippen LogP contribution in [-0.4, -0.2) is 10.9 Å². The second kappa shape index (κ2) is 5.92. The molecule has 0 fully saturated rings. The Balaban J connectivity index is 2.10. The average molecular weight is 260 g/mol. The Morgan fingerprint density at radius 3 is 2.84 bits per heavy atom. The molecule has 5 nitrogen and oxygen atoms in total. The Kier molecular flexibility index (Phi) is 4.04. The Labute approximate surface area is 109 Å². The van der Waals surface area contributed by atoms with Crippen molar-refractivity contribution in [2.45, 2.75) is 6.54 Å². The number of nitrogen functional groups attached to an aromatic ring is 1. The molecule has 0 saturated heterocycles. The molecule has 0 spiro atoms. The van der Waals surface area contributed by atoms with Crippen LogP contribution < -0.4 is 16.6 Å². The number of halogens is 1. The van der Waals surface area contributed by atoms with Gasteiger partial charge in [0.2, 0.25) is 0 Å². The highest BCUT2D eigenvalue weighted by Crippen LogP contribution is 2.18. The number of aromatic nitrogens is 1. The first-order valence-corrected chi connectivity index (χ1v) is 5.64. The summed E-state index contributed by atoms with van der Waals surface area (Å²) in [5.74, 6) is 4.24. The van der Waals surface area contributed by atoms with Crippen molar-refractivity contribution in [3.8, 4) is 0 Å². The molecular weight excluding hydrogens is 247 g/mol. The van der Waals surface area contributed by atoms with E-state index >= 15 is 0 Å². The molecule has 0 aliphatic rings. The van der Waals surface area contributed by atoms with Crippen molar-refractivity contribution in [1.82, 2.24) is 10.3 Å². The molecule has 19 heavy (non-hydrogen) atoms. The standard InChI is InChI=1S/C13H13FN4O/c14-11-5-1-4-10(12(11)18-15)13(19)17-8-9-3-2-6-16-7-9/h1-7,18H,8,15H2,(H,17,19). The molecule has 0 radical (unpaired) electrons. The molecule has 2 aromatic rings. The highest BCUT2D eigenvalue weighted by atomic mass is 19.1. The molecule has 0 unspecified atom stereocenters. The molecule has 0 aliphatic heterocycles. The minimum absolute atomic E-state index is 0.0220. The van der Waals surface area contributed by atoms with Crippen molar-refractivity contribution in [2.75, 3.05) is 5.43 Å². The number of para-hydroxylation sites is 1. The SMILES string of the molecule is NNc1c(F)cccc1C(=O)NCc1cccnc1. The van der Waals surface area contributed by atoms with Gasteiger partial charge in [0.05, 0.1) is 11.3 Å². The van der Waals surface area contributed by atoms with Crippen LogP contribution in [0.5, 0.6) is 0 Å². The predicted molar refractivity (Wildman–Crippen MR) is 69.6 cm³/mol. The number of carbonyl (C=O) groups excluding carboxylic acids is 1. The van der Waals surface area contributed by atoms with Crippen LogP contribution in [0.15, 0.2) is 42.7 Å². The lowest BCUT2D eigenvalue weighted by Crippen LogP contribution is -2.25. The second-order valence-corrected chi connectivity index (χ2v) is 3.85. The smallest absolute Gasteiger partial charge is 0.253 e. The zero-order valence-corrected chi connectivity index (χ0v) is 10.1. The van der Waals surface area contributed by atoms with Gasteiger partial charge in [-0.05, 0) is 23.8 Å². The van der Waals surface area contributed by atoms with Gasteiger partial charge < -0.3 is 10.7 Å². The molecule has 1 amide bonds. The van der Waals surface area contributed by atoms with Crippen molar-refractivity contribution in [2.24, 2.45) is 5.84 Å². The number of hydrogen-bond acceptors (Lipinski definition) is 4. The van der Waals surface area contributed by atoms with Gasteiger partial charge in [-0.2, -0.15) is 0 Å². The summed E-state index contributed by atoms with van der Waals surface area (Å²) in [5, 5.41) is 2.68. The van der Waals surface area contributed by atoms with E-state index in [-0.39, 0.29) is 11.3 Å². The van der Waals surface area contributed by atoms with Crippen molar-refractivity contribution >= 4 is 11.6 Å². The number of carbonyl (C=O) groups is 1. The van der Waals surface area contributed by atoms with Crippen molar-refractivity contribution < 1.29 is 9.18 Å². The minimum atomic E-state index is -0.573. The number of anilines is 1. The van der Waals surface area contributed by atoms with E-state index in [9.17, 15) is 9.18 Å². The first kappa shape index (κ1) is 13.0. The third-order valence-electron chi connectivity index (χ3n) is 2.58. The Morgan fingerprint density at radius 2 is 2.16 bits per heavy atom. The van der Waals surface area contributed by atoms with Crippen LogP contribution in [0.1, 0.15) is 15.9 Å². The first-order chi connectivity index (χ1) is 9.22. The maximum absolute atomic E-state index is 13.4. The molecule has 0 atom stereocenters. The van der Waals surface area contributed by atoms with E-state index in [1.165, 1.54) is 18.2 Å². The van der Waals surface area contributed by atoms with Crippen molar-refractivity contribution in [3.63, 3.8) is 0 Å². The maximum Gasteiger partial charge on any atom is 0.253 e. The third kappa shape index (κ3) is 3.05. The van der Waals surface area contributed by atoms with E-state index in [1.807, 2.05) is 6.07 Å². The summed E-state index contributed by atoms with van der Waals surface area (Å²) in [6.45, 7) is 0.313. The van der Waals surface area contributed by atoms with Crippen molar-refractivity contribution in [1.29, 1.82) is 0 Å². The van der Waals surface area contributed by atoms with E-state index in [4.69, 9.17) is 5.84 Å². The van der Waals surface area contributed by atoms with Gasteiger partial charge in [-0.25, -0.2) is 4.39 Å². The predicted octanol–water partition coefficient (Wildman–Crippen LogP) is 1.44. The molecule has 0 bridgehead atoms. The van der Waals surface area contributed by atoms with Gasteiger partial charge in [0.25, 0.3) is 5.91 Å². The van der Waals surface area contributed by atoms with E-state index < -0.39 is 11.7 Å². The molecule has 1 aromatic carbocycles. The number of hydrogen-bond donors (Lipinski definition) is 3. The number of amides is 1. The summed E-state index contributed by atoms with van der Waals surface area (Å²) >= 11 is 0. The lowest BCUT2D eigenvalue weighted by atomic mass is 10.1. The molecule has 1 aromatic heterocycles. The topological polar surface area (TPSA) is 80.0 Å². The zero-order chi connectivity index (χ0) is 13.7. The van der Waals surface area contributed by atoms with Crippen LogP contribution in [0.2, 0.25) is 0 Å². The fraction of sp³-hybridized carbons (Fsp3) is 0.0769. The Hall–Kier alpha value is -2.47. The summed E-state index contributed by atoms with van der Waals surface area (Å²) in [6.07, 6.45) is 3.29. The Morgan fingerprint density at radius 1 is 1.32 bits per heavy atom. The number of pyridine rings is 1. The highest BCUT2D eigenvalue weighted by molar-refractivity contribution is 5.99. The fourth-order valence-corrected chi connectivity index (χ4v) is 1.64. The highest BCUT2D eigenvalue weighted by Gasteiger charge is 2.13. The van der Waals surface area contributed by atoms with Crippen molar-refractivity contribution in [3.05, 3.63) is 59.7 Å². The summed E-state index contributed by atoms with van der Waals surface area (Å²) < 4.78 is 13.4. The normalized spacial score (nSPS) is 10.0. The van der Waals surface area contributed by atoms with Gasteiger partial charge in [0.15, 0.2) is 0 Å². The number of rotatable bonds is 4. The van der Waals surface area contributed by atoms with Crippen LogP contribution in [0.4, 0.5) is 10.1 Å². The molecule has 6 heteroatoms. The third-order valence-corrected chi connectivity index (χ3v) is 2.58. The van der Waals surface area contributed by atoms with Crippen LogP contribution in [0.25, 0.3) is 0 Å². The molecule has 1 heterocycles. The van der Waals surface area contributed by atoms with E-state index in [0.29, 0.717) is 6.54 Å². The van der Waals surface area contributed by atoms with Gasteiger partial charge >= 0.3 is 0 Å². The second-order valence-electron chi connectivity index (χ2n) is 3.85.